The van der Waals surface area contributed by atoms with Crippen LogP contribution < -0.4 is 5.32 Å². The van der Waals surface area contributed by atoms with Crippen molar-refractivity contribution in [2.45, 2.75) is 19.3 Å². The number of hydrogen-bond donors (Lipinski definition) is 1. The molecule has 1 aliphatic rings. The van der Waals surface area contributed by atoms with Gasteiger partial charge in [-0.25, -0.2) is 9.97 Å². The number of fused-ring (bicyclic) bond motifs is 1. The zero-order chi connectivity index (χ0) is 20.7. The summed E-state index contributed by atoms with van der Waals surface area (Å²) in [6.07, 6.45) is 6.07. The van der Waals surface area contributed by atoms with Crippen molar-refractivity contribution in [2.24, 2.45) is 13.0 Å². The van der Waals surface area contributed by atoms with Crippen molar-refractivity contribution in [2.75, 3.05) is 11.9 Å². The maximum absolute atomic E-state index is 11.9. The van der Waals surface area contributed by atoms with E-state index in [0.29, 0.717) is 18.2 Å². The van der Waals surface area contributed by atoms with Gasteiger partial charge in [0.1, 0.15) is 11.6 Å². The summed E-state index contributed by atoms with van der Waals surface area (Å²) in [5.41, 5.74) is 2.36. The molecule has 5 rings (SSSR count). The van der Waals surface area contributed by atoms with Crippen LogP contribution in [0.2, 0.25) is 0 Å². The quantitative estimate of drug-likeness (QED) is 0.487. The molecule has 2 unspecified atom stereocenters. The maximum Gasteiger partial charge on any atom is 0.309 e. The first kappa shape index (κ1) is 18.2. The molecule has 0 amide bonds. The Morgan fingerprint density at radius 3 is 2.97 bits per heavy atom. The number of nitrogens with zero attached hydrogens (tertiary/aromatic N) is 7. The van der Waals surface area contributed by atoms with Crippen LogP contribution in [0.1, 0.15) is 25.1 Å². The molecule has 2 atom stereocenters. The molecule has 30 heavy (non-hydrogen) atoms. The number of hydrogen-bond acceptors (Lipinski definition) is 8. The largest absolute Gasteiger partial charge is 0.466 e. The van der Waals surface area contributed by atoms with E-state index in [-0.39, 0.29) is 17.8 Å². The fourth-order valence-corrected chi connectivity index (χ4v) is 3.50. The molecule has 152 valence electrons. The molecule has 0 bridgehead atoms. The lowest BCUT2D eigenvalue weighted by Crippen LogP contribution is -2.08. The Hall–Kier alpha value is -3.82. The minimum atomic E-state index is -0.162. The first-order valence-electron chi connectivity index (χ1n) is 9.74. The molecule has 1 fully saturated rings. The van der Waals surface area contributed by atoms with E-state index in [4.69, 9.17) is 4.74 Å². The van der Waals surface area contributed by atoms with Crippen molar-refractivity contribution in [1.82, 2.24) is 34.3 Å². The summed E-state index contributed by atoms with van der Waals surface area (Å²) in [5.74, 6) is 1.83. The van der Waals surface area contributed by atoms with Gasteiger partial charge in [0.25, 0.3) is 0 Å². The number of rotatable bonds is 6. The van der Waals surface area contributed by atoms with E-state index >= 15 is 0 Å². The molecule has 4 aromatic heterocycles. The molecule has 1 N–H and O–H groups in total. The summed E-state index contributed by atoms with van der Waals surface area (Å²) in [5, 5.41) is 15.9. The molecule has 4 aromatic rings. The highest BCUT2D eigenvalue weighted by molar-refractivity contribution is 5.77. The minimum absolute atomic E-state index is 0.0543. The summed E-state index contributed by atoms with van der Waals surface area (Å²) in [4.78, 5) is 20.8. The Labute approximate surface area is 171 Å². The lowest BCUT2D eigenvalue weighted by molar-refractivity contribution is -0.144. The zero-order valence-electron chi connectivity index (χ0n) is 16.6. The summed E-state index contributed by atoms with van der Waals surface area (Å²) in [6, 6.07) is 7.57. The number of aromatic nitrogens is 7. The molecular weight excluding hydrogens is 384 g/mol. The Balaban J connectivity index is 1.39. The number of nitrogens with one attached hydrogen (secondary N) is 1. The second-order valence-electron chi connectivity index (χ2n) is 7.13. The highest BCUT2D eigenvalue weighted by Gasteiger charge is 2.48. The molecule has 0 aromatic carbocycles. The fraction of sp³-hybridized carbons (Fsp3) is 0.300. The number of pyridine rings is 1. The summed E-state index contributed by atoms with van der Waals surface area (Å²) in [6.45, 7) is 2.20. The Morgan fingerprint density at radius 2 is 2.17 bits per heavy atom. The molecule has 0 spiro atoms. The molecule has 4 heterocycles. The highest BCUT2D eigenvalue weighted by Crippen LogP contribution is 2.47. The summed E-state index contributed by atoms with van der Waals surface area (Å²) >= 11 is 0. The van der Waals surface area contributed by atoms with Gasteiger partial charge < -0.3 is 10.1 Å². The van der Waals surface area contributed by atoms with Crippen LogP contribution in [-0.2, 0) is 16.6 Å². The monoisotopic (exact) mass is 404 g/mol. The van der Waals surface area contributed by atoms with Gasteiger partial charge in [-0.15, -0.1) is 10.2 Å². The molecule has 10 heteroatoms. The van der Waals surface area contributed by atoms with E-state index in [1.807, 2.05) is 48.8 Å². The zero-order valence-corrected chi connectivity index (χ0v) is 16.6. The number of anilines is 2. The molecule has 1 aliphatic carbocycles. The average molecular weight is 404 g/mol. The topological polar surface area (TPSA) is 112 Å². The third kappa shape index (κ3) is 3.25. The van der Waals surface area contributed by atoms with E-state index in [9.17, 15) is 4.79 Å². The number of aryl methyl sites for hydroxylation is 1. The van der Waals surface area contributed by atoms with Crippen molar-refractivity contribution in [3.05, 3.63) is 48.7 Å². The van der Waals surface area contributed by atoms with Crippen molar-refractivity contribution in [3.63, 3.8) is 0 Å². The van der Waals surface area contributed by atoms with E-state index < -0.39 is 0 Å². The number of carbonyl (C=O) groups is 1. The summed E-state index contributed by atoms with van der Waals surface area (Å²) < 4.78 is 8.75. The van der Waals surface area contributed by atoms with E-state index in [0.717, 1.165) is 29.3 Å². The first-order chi connectivity index (χ1) is 14.6. The predicted molar refractivity (Wildman–Crippen MR) is 108 cm³/mol. The van der Waals surface area contributed by atoms with E-state index in [2.05, 4.69) is 30.6 Å². The van der Waals surface area contributed by atoms with E-state index in [1.165, 1.54) is 0 Å². The first-order valence-corrected chi connectivity index (χ1v) is 9.74. The SMILES string of the molecule is CCOC(=O)C1CC1c1nnc2cc(-c3ccnc(Nc4ccnn4C)n3)ccn12. The minimum Gasteiger partial charge on any atom is -0.466 e. The van der Waals surface area contributed by atoms with Crippen LogP contribution in [-0.4, -0.2) is 46.9 Å². The van der Waals surface area contributed by atoms with Crippen molar-refractivity contribution >= 4 is 23.4 Å². The Morgan fingerprint density at radius 1 is 1.27 bits per heavy atom. The average Bonchev–Trinajstić information content (AvgIpc) is 3.28. The van der Waals surface area contributed by atoms with Crippen molar-refractivity contribution in [1.29, 1.82) is 0 Å². The standard InChI is InChI=1S/C20H20N8O2/c1-3-30-19(29)14-11-13(14)18-26-25-17-10-12(6-9-28(17)18)15-4-7-21-20(23-15)24-16-5-8-22-27(16)2/h4-10,13-14H,3,11H2,1-2H3,(H,21,23,24). The molecule has 1 saturated carbocycles. The van der Waals surface area contributed by atoms with Gasteiger partial charge in [-0.2, -0.15) is 5.10 Å². The lowest BCUT2D eigenvalue weighted by Gasteiger charge is -2.07. The molecule has 0 aliphatic heterocycles. The molecule has 0 saturated heterocycles. The molecular formula is C20H20N8O2. The fourth-order valence-electron chi connectivity index (χ4n) is 3.50. The van der Waals surface area contributed by atoms with E-state index in [1.54, 1.807) is 17.1 Å². The normalized spacial score (nSPS) is 17.8. The van der Waals surface area contributed by atoms with Crippen LogP contribution in [0.5, 0.6) is 0 Å². The predicted octanol–water partition coefficient (Wildman–Crippen LogP) is 2.33. The second kappa shape index (κ2) is 7.21. The van der Waals surface area contributed by atoms with Gasteiger partial charge in [0.05, 0.1) is 24.4 Å². The molecule has 0 radical (unpaired) electrons. The highest BCUT2D eigenvalue weighted by atomic mass is 16.5. The van der Waals surface area contributed by atoms with Crippen molar-refractivity contribution < 1.29 is 9.53 Å². The maximum atomic E-state index is 11.9. The summed E-state index contributed by atoms with van der Waals surface area (Å²) in [7, 11) is 1.84. The number of esters is 1. The second-order valence-corrected chi connectivity index (χ2v) is 7.13. The molecule has 10 nitrogen and oxygen atoms in total. The van der Waals surface area contributed by atoms with Gasteiger partial charge in [-0.3, -0.25) is 13.9 Å². The third-order valence-corrected chi connectivity index (χ3v) is 5.16. The van der Waals surface area contributed by atoms with Gasteiger partial charge >= 0.3 is 5.97 Å². The lowest BCUT2D eigenvalue weighted by atomic mass is 10.2. The van der Waals surface area contributed by atoms with Gasteiger partial charge in [0, 0.05) is 37.0 Å². The van der Waals surface area contributed by atoms with Gasteiger partial charge in [-0.05, 0) is 31.5 Å². The van der Waals surface area contributed by atoms with Crippen LogP contribution in [0.15, 0.2) is 42.9 Å². The number of carbonyl (C=O) groups excluding carboxylic acids is 1. The van der Waals surface area contributed by atoms with Crippen LogP contribution in [0.3, 0.4) is 0 Å². The van der Waals surface area contributed by atoms with Crippen LogP contribution in [0, 0.1) is 5.92 Å². The van der Waals surface area contributed by atoms with Crippen LogP contribution >= 0.6 is 0 Å². The Bertz CT molecular complexity index is 1230. The van der Waals surface area contributed by atoms with Crippen LogP contribution in [0.4, 0.5) is 11.8 Å². The Kier molecular flexibility index (Phi) is 4.38. The van der Waals surface area contributed by atoms with Gasteiger partial charge in [-0.1, -0.05) is 0 Å². The number of ether oxygens (including phenoxy) is 1. The van der Waals surface area contributed by atoms with Crippen LogP contribution in [0.25, 0.3) is 16.9 Å². The third-order valence-electron chi connectivity index (χ3n) is 5.16. The van der Waals surface area contributed by atoms with Gasteiger partial charge in [0.15, 0.2) is 5.65 Å². The van der Waals surface area contributed by atoms with Gasteiger partial charge in [0.2, 0.25) is 5.95 Å². The van der Waals surface area contributed by atoms with Crippen molar-refractivity contribution in [3.8, 4) is 11.3 Å². The smallest absolute Gasteiger partial charge is 0.309 e.